The molecule has 7 heteroatoms. The molecule has 0 fully saturated rings. The molecule has 0 aliphatic carbocycles. The number of aryl methyl sites for hydroxylation is 1. The SMILES string of the molecule is Cc1nn(-c2ccccc2)c2nc3cc([N+](=O)[O-])ccc3nc12. The minimum Gasteiger partial charge on any atom is -0.258 e. The second kappa shape index (κ2) is 4.84. The topological polar surface area (TPSA) is 86.7 Å². The Kier molecular flexibility index (Phi) is 2.80. The molecule has 0 radical (unpaired) electrons. The standard InChI is InChI=1S/C16H11N5O2/c1-10-15-16(20(19-10)11-5-3-2-4-6-11)18-14-9-12(21(22)23)7-8-13(14)17-15/h2-9H,1H3. The zero-order valence-corrected chi connectivity index (χ0v) is 12.2. The minimum atomic E-state index is -0.439. The van der Waals surface area contributed by atoms with Gasteiger partial charge in [0.15, 0.2) is 5.65 Å². The predicted molar refractivity (Wildman–Crippen MR) is 85.6 cm³/mol. The average Bonchev–Trinajstić information content (AvgIpc) is 2.89. The van der Waals surface area contributed by atoms with Gasteiger partial charge in [0.2, 0.25) is 0 Å². The van der Waals surface area contributed by atoms with E-state index in [2.05, 4.69) is 15.1 Å². The van der Waals surface area contributed by atoms with Crippen LogP contribution in [0.4, 0.5) is 5.69 Å². The first-order chi connectivity index (χ1) is 11.1. The molecule has 2 heterocycles. The summed E-state index contributed by atoms with van der Waals surface area (Å²) in [6.07, 6.45) is 0. The van der Waals surface area contributed by atoms with Crippen molar-refractivity contribution in [3.05, 3.63) is 64.3 Å². The normalized spacial score (nSPS) is 11.2. The molecule has 0 N–H and O–H groups in total. The number of nitro groups is 1. The summed E-state index contributed by atoms with van der Waals surface area (Å²) in [5.74, 6) is 0. The lowest BCUT2D eigenvalue weighted by atomic mass is 10.2. The van der Waals surface area contributed by atoms with E-state index in [0.29, 0.717) is 22.2 Å². The van der Waals surface area contributed by atoms with E-state index in [1.54, 1.807) is 10.7 Å². The van der Waals surface area contributed by atoms with E-state index in [4.69, 9.17) is 0 Å². The first kappa shape index (κ1) is 13.3. The summed E-state index contributed by atoms with van der Waals surface area (Å²) in [5.41, 5.74) is 3.98. The summed E-state index contributed by atoms with van der Waals surface area (Å²) < 4.78 is 1.70. The van der Waals surface area contributed by atoms with Crippen molar-refractivity contribution < 1.29 is 4.92 Å². The molecule has 0 saturated carbocycles. The van der Waals surface area contributed by atoms with Crippen molar-refractivity contribution in [2.24, 2.45) is 0 Å². The Bertz CT molecular complexity index is 1060. The molecular weight excluding hydrogens is 294 g/mol. The van der Waals surface area contributed by atoms with Crippen LogP contribution in [0.2, 0.25) is 0 Å². The minimum absolute atomic E-state index is 0.00588. The van der Waals surface area contributed by atoms with Crippen LogP contribution in [0, 0.1) is 17.0 Å². The Morgan fingerprint density at radius 1 is 1.04 bits per heavy atom. The van der Waals surface area contributed by atoms with E-state index in [9.17, 15) is 10.1 Å². The molecule has 0 bridgehead atoms. The van der Waals surface area contributed by atoms with Gasteiger partial charge >= 0.3 is 0 Å². The van der Waals surface area contributed by atoms with Crippen molar-refractivity contribution in [2.45, 2.75) is 6.92 Å². The van der Waals surface area contributed by atoms with Crippen molar-refractivity contribution in [2.75, 3.05) is 0 Å². The fourth-order valence-electron chi connectivity index (χ4n) is 2.53. The van der Waals surface area contributed by atoms with Gasteiger partial charge in [0.25, 0.3) is 5.69 Å². The van der Waals surface area contributed by atoms with Crippen molar-refractivity contribution in [3.8, 4) is 5.69 Å². The van der Waals surface area contributed by atoms with E-state index in [0.717, 1.165) is 11.4 Å². The van der Waals surface area contributed by atoms with Crippen molar-refractivity contribution in [1.82, 2.24) is 19.7 Å². The van der Waals surface area contributed by atoms with Crippen LogP contribution in [0.5, 0.6) is 0 Å². The van der Waals surface area contributed by atoms with E-state index in [-0.39, 0.29) is 5.69 Å². The predicted octanol–water partition coefficient (Wildman–Crippen LogP) is 3.19. The zero-order valence-electron chi connectivity index (χ0n) is 12.2. The third-order valence-corrected chi connectivity index (χ3v) is 3.63. The Balaban J connectivity index is 2.04. The number of non-ortho nitro benzene ring substituents is 1. The number of nitrogens with zero attached hydrogens (tertiary/aromatic N) is 5. The van der Waals surface area contributed by atoms with Gasteiger partial charge in [-0.05, 0) is 25.1 Å². The third kappa shape index (κ3) is 2.10. The van der Waals surface area contributed by atoms with Crippen LogP contribution in [0.15, 0.2) is 48.5 Å². The Morgan fingerprint density at radius 2 is 1.83 bits per heavy atom. The molecule has 0 aliphatic heterocycles. The second-order valence-corrected chi connectivity index (χ2v) is 5.16. The van der Waals surface area contributed by atoms with E-state index >= 15 is 0 Å². The highest BCUT2D eigenvalue weighted by molar-refractivity contribution is 5.87. The second-order valence-electron chi connectivity index (χ2n) is 5.16. The number of fused-ring (bicyclic) bond motifs is 2. The summed E-state index contributed by atoms with van der Waals surface area (Å²) in [7, 11) is 0. The summed E-state index contributed by atoms with van der Waals surface area (Å²) in [4.78, 5) is 19.6. The number of para-hydroxylation sites is 1. The van der Waals surface area contributed by atoms with Crippen LogP contribution in [-0.2, 0) is 0 Å². The number of rotatable bonds is 2. The molecule has 0 aliphatic rings. The quantitative estimate of drug-likeness (QED) is 0.419. The monoisotopic (exact) mass is 305 g/mol. The van der Waals surface area contributed by atoms with Gasteiger partial charge in [-0.1, -0.05) is 18.2 Å². The highest BCUT2D eigenvalue weighted by Crippen LogP contribution is 2.24. The summed E-state index contributed by atoms with van der Waals surface area (Å²) in [6, 6.07) is 14.1. The number of hydrogen-bond donors (Lipinski definition) is 0. The third-order valence-electron chi connectivity index (χ3n) is 3.63. The van der Waals surface area contributed by atoms with Crippen LogP contribution >= 0.6 is 0 Å². The fourth-order valence-corrected chi connectivity index (χ4v) is 2.53. The van der Waals surface area contributed by atoms with Crippen molar-refractivity contribution in [3.63, 3.8) is 0 Å². The molecule has 0 amide bonds. The maximum atomic E-state index is 10.9. The van der Waals surface area contributed by atoms with Crippen LogP contribution in [-0.4, -0.2) is 24.7 Å². The molecule has 23 heavy (non-hydrogen) atoms. The zero-order chi connectivity index (χ0) is 16.0. The van der Waals surface area contributed by atoms with Crippen LogP contribution < -0.4 is 0 Å². The lowest BCUT2D eigenvalue weighted by molar-refractivity contribution is -0.384. The van der Waals surface area contributed by atoms with E-state index in [1.807, 2.05) is 37.3 Å². The van der Waals surface area contributed by atoms with Crippen LogP contribution in [0.3, 0.4) is 0 Å². The van der Waals surface area contributed by atoms with Gasteiger partial charge in [0, 0.05) is 12.1 Å². The van der Waals surface area contributed by atoms with Gasteiger partial charge in [-0.15, -0.1) is 0 Å². The Labute approximate surface area is 130 Å². The highest BCUT2D eigenvalue weighted by Gasteiger charge is 2.15. The van der Waals surface area contributed by atoms with Crippen LogP contribution in [0.1, 0.15) is 5.69 Å². The molecule has 0 unspecified atom stereocenters. The molecule has 0 atom stereocenters. The first-order valence-corrected chi connectivity index (χ1v) is 7.00. The maximum Gasteiger partial charge on any atom is 0.271 e. The molecular formula is C16H11N5O2. The van der Waals surface area contributed by atoms with Crippen molar-refractivity contribution in [1.29, 1.82) is 0 Å². The maximum absolute atomic E-state index is 10.9. The van der Waals surface area contributed by atoms with E-state index in [1.165, 1.54) is 12.1 Å². The number of nitro benzene ring substituents is 1. The highest BCUT2D eigenvalue weighted by atomic mass is 16.6. The van der Waals surface area contributed by atoms with E-state index < -0.39 is 4.92 Å². The number of hydrogen-bond acceptors (Lipinski definition) is 5. The van der Waals surface area contributed by atoms with Gasteiger partial charge in [-0.3, -0.25) is 10.1 Å². The number of aromatic nitrogens is 4. The number of benzene rings is 2. The van der Waals surface area contributed by atoms with Crippen molar-refractivity contribution >= 4 is 27.9 Å². The lowest BCUT2D eigenvalue weighted by Gasteiger charge is -2.03. The van der Waals surface area contributed by atoms with Gasteiger partial charge in [0.1, 0.15) is 5.52 Å². The smallest absolute Gasteiger partial charge is 0.258 e. The summed E-state index contributed by atoms with van der Waals surface area (Å²) in [5, 5.41) is 15.4. The molecule has 4 aromatic rings. The fraction of sp³-hybridized carbons (Fsp3) is 0.0625. The molecule has 7 nitrogen and oxygen atoms in total. The Hall–Kier alpha value is -3.35. The summed E-state index contributed by atoms with van der Waals surface area (Å²) >= 11 is 0. The first-order valence-electron chi connectivity index (χ1n) is 7.00. The molecule has 112 valence electrons. The van der Waals surface area contributed by atoms with Gasteiger partial charge in [0.05, 0.1) is 27.3 Å². The Morgan fingerprint density at radius 3 is 2.57 bits per heavy atom. The molecule has 2 aromatic carbocycles. The average molecular weight is 305 g/mol. The molecule has 2 aromatic heterocycles. The van der Waals surface area contributed by atoms with Gasteiger partial charge < -0.3 is 0 Å². The summed E-state index contributed by atoms with van der Waals surface area (Å²) in [6.45, 7) is 1.87. The largest absolute Gasteiger partial charge is 0.271 e. The van der Waals surface area contributed by atoms with Gasteiger partial charge in [-0.25, -0.2) is 14.6 Å². The van der Waals surface area contributed by atoms with Gasteiger partial charge in [-0.2, -0.15) is 5.10 Å². The lowest BCUT2D eigenvalue weighted by Crippen LogP contribution is -1.98. The molecule has 0 saturated heterocycles. The van der Waals surface area contributed by atoms with Crippen LogP contribution in [0.25, 0.3) is 27.9 Å². The molecule has 4 rings (SSSR count). The molecule has 0 spiro atoms.